The lowest BCUT2D eigenvalue weighted by molar-refractivity contribution is -0.0818. The minimum Gasteiger partial charge on any atom is -0.399 e. The molecule has 6 heteroatoms. The number of amides is 1. The van der Waals surface area contributed by atoms with Crippen molar-refractivity contribution < 1.29 is 14.3 Å². The Kier molecular flexibility index (Phi) is 4.01. The normalized spacial score (nSPS) is 19.4. The molecule has 0 aromatic heterocycles. The lowest BCUT2D eigenvalue weighted by atomic mass is 10.1. The van der Waals surface area contributed by atoms with Crippen molar-refractivity contribution in [1.29, 1.82) is 0 Å². The maximum Gasteiger partial charge on any atom is 0.250 e. The number of hydrogen-bond acceptors (Lipinski definition) is 5. The van der Waals surface area contributed by atoms with E-state index in [9.17, 15) is 4.79 Å². The summed E-state index contributed by atoms with van der Waals surface area (Å²) in [7, 11) is 0. The van der Waals surface area contributed by atoms with Crippen LogP contribution in [0, 0.1) is 0 Å². The maximum absolute atomic E-state index is 11.3. The molecule has 1 fully saturated rings. The smallest absolute Gasteiger partial charge is 0.250 e. The number of anilines is 2. The fourth-order valence-corrected chi connectivity index (χ4v) is 1.80. The molecule has 1 unspecified atom stereocenters. The van der Waals surface area contributed by atoms with Gasteiger partial charge in [0.2, 0.25) is 0 Å². The minimum absolute atomic E-state index is 0.0269. The van der Waals surface area contributed by atoms with Gasteiger partial charge in [-0.25, -0.2) is 0 Å². The van der Waals surface area contributed by atoms with Crippen molar-refractivity contribution in [1.82, 2.24) is 0 Å². The monoisotopic (exact) mass is 251 g/mol. The maximum atomic E-state index is 11.3. The van der Waals surface area contributed by atoms with Crippen LogP contribution >= 0.6 is 0 Å². The molecule has 1 saturated heterocycles. The van der Waals surface area contributed by atoms with Crippen molar-refractivity contribution in [2.75, 3.05) is 37.4 Å². The largest absolute Gasteiger partial charge is 0.399 e. The van der Waals surface area contributed by atoms with Gasteiger partial charge in [-0.15, -0.1) is 0 Å². The third-order valence-electron chi connectivity index (χ3n) is 2.71. The summed E-state index contributed by atoms with van der Waals surface area (Å²) in [6.45, 7) is 2.30. The molecule has 6 nitrogen and oxygen atoms in total. The Bertz CT molecular complexity index is 431. The fraction of sp³-hybridized carbons (Fsp3) is 0.417. The van der Waals surface area contributed by atoms with Gasteiger partial charge in [-0.2, -0.15) is 0 Å². The summed E-state index contributed by atoms with van der Waals surface area (Å²) in [4.78, 5) is 11.3. The summed E-state index contributed by atoms with van der Waals surface area (Å²) in [5.41, 5.74) is 12.6. The van der Waals surface area contributed by atoms with E-state index in [4.69, 9.17) is 20.9 Å². The van der Waals surface area contributed by atoms with Crippen LogP contribution in [0.15, 0.2) is 18.2 Å². The van der Waals surface area contributed by atoms with Gasteiger partial charge < -0.3 is 26.3 Å². The number of carbonyl (C=O) groups is 1. The molecule has 0 radical (unpaired) electrons. The highest BCUT2D eigenvalue weighted by atomic mass is 16.6. The zero-order chi connectivity index (χ0) is 13.0. The topological polar surface area (TPSA) is 99.6 Å². The molecule has 0 spiro atoms. The van der Waals surface area contributed by atoms with Gasteiger partial charge >= 0.3 is 0 Å². The standard InChI is InChI=1S/C12H17N3O3/c13-8-1-2-10(12(14)16)11(5-8)15-6-9-7-17-3-4-18-9/h1-2,5,9,15H,3-4,6-7,13H2,(H2,14,16). The number of nitrogen functional groups attached to an aromatic ring is 1. The Morgan fingerprint density at radius 2 is 2.28 bits per heavy atom. The molecule has 0 aliphatic carbocycles. The van der Waals surface area contributed by atoms with Gasteiger partial charge in [-0.1, -0.05) is 0 Å². The first-order valence-corrected chi connectivity index (χ1v) is 5.79. The lowest BCUT2D eigenvalue weighted by Gasteiger charge is -2.24. The third-order valence-corrected chi connectivity index (χ3v) is 2.71. The van der Waals surface area contributed by atoms with Crippen LogP contribution in [0.25, 0.3) is 0 Å². The number of hydrogen-bond donors (Lipinski definition) is 3. The van der Waals surface area contributed by atoms with Gasteiger partial charge in [0.15, 0.2) is 0 Å². The molecular formula is C12H17N3O3. The Morgan fingerprint density at radius 3 is 2.94 bits per heavy atom. The molecule has 1 heterocycles. The van der Waals surface area contributed by atoms with Crippen LogP contribution in [0.2, 0.25) is 0 Å². The van der Waals surface area contributed by atoms with E-state index in [2.05, 4.69) is 5.32 Å². The Labute approximate surface area is 105 Å². The third kappa shape index (κ3) is 3.12. The number of rotatable bonds is 4. The Morgan fingerprint density at radius 1 is 1.44 bits per heavy atom. The second-order valence-corrected chi connectivity index (χ2v) is 4.12. The predicted molar refractivity (Wildman–Crippen MR) is 68.4 cm³/mol. The van der Waals surface area contributed by atoms with E-state index < -0.39 is 5.91 Å². The first kappa shape index (κ1) is 12.7. The Balaban J connectivity index is 2.03. The molecule has 1 amide bonds. The molecule has 1 aliphatic heterocycles. The van der Waals surface area contributed by atoms with Crippen molar-refractivity contribution >= 4 is 17.3 Å². The summed E-state index contributed by atoms with van der Waals surface area (Å²) in [6.07, 6.45) is -0.0269. The van der Waals surface area contributed by atoms with Crippen molar-refractivity contribution in [3.05, 3.63) is 23.8 Å². The van der Waals surface area contributed by atoms with Crippen molar-refractivity contribution in [2.24, 2.45) is 5.73 Å². The molecule has 98 valence electrons. The van der Waals surface area contributed by atoms with Gasteiger partial charge in [0.05, 0.1) is 31.5 Å². The zero-order valence-corrected chi connectivity index (χ0v) is 10.0. The molecule has 2 rings (SSSR count). The molecule has 0 bridgehead atoms. The summed E-state index contributed by atoms with van der Waals surface area (Å²) in [6, 6.07) is 4.94. The van der Waals surface area contributed by atoms with Crippen LogP contribution in [0.4, 0.5) is 11.4 Å². The number of carbonyl (C=O) groups excluding carboxylic acids is 1. The van der Waals surface area contributed by atoms with E-state index in [1.807, 2.05) is 0 Å². The van der Waals surface area contributed by atoms with Gasteiger partial charge in [-0.3, -0.25) is 4.79 Å². The summed E-state index contributed by atoms with van der Waals surface area (Å²) in [5.74, 6) is -0.488. The fourth-order valence-electron chi connectivity index (χ4n) is 1.80. The predicted octanol–water partition coefficient (Wildman–Crippen LogP) is 0.195. The van der Waals surface area contributed by atoms with Gasteiger partial charge in [0.1, 0.15) is 0 Å². The summed E-state index contributed by atoms with van der Waals surface area (Å²) >= 11 is 0. The van der Waals surface area contributed by atoms with E-state index in [1.54, 1.807) is 18.2 Å². The average Bonchev–Trinajstić information content (AvgIpc) is 2.37. The van der Waals surface area contributed by atoms with Crippen LogP contribution in [0.5, 0.6) is 0 Å². The van der Waals surface area contributed by atoms with Crippen molar-refractivity contribution in [3.63, 3.8) is 0 Å². The molecule has 1 aromatic carbocycles. The lowest BCUT2D eigenvalue weighted by Crippen LogP contribution is -2.34. The molecule has 1 atom stereocenters. The number of ether oxygens (including phenoxy) is 2. The molecule has 1 aliphatic rings. The molecule has 1 aromatic rings. The molecule has 5 N–H and O–H groups in total. The van der Waals surface area contributed by atoms with Gasteiger partial charge in [-0.05, 0) is 18.2 Å². The first-order chi connectivity index (χ1) is 8.66. The number of benzene rings is 1. The highest BCUT2D eigenvalue weighted by Gasteiger charge is 2.15. The average molecular weight is 251 g/mol. The van der Waals surface area contributed by atoms with E-state index in [1.165, 1.54) is 0 Å². The van der Waals surface area contributed by atoms with Crippen molar-refractivity contribution in [3.8, 4) is 0 Å². The molecule has 0 saturated carbocycles. The minimum atomic E-state index is -0.488. The first-order valence-electron chi connectivity index (χ1n) is 5.79. The highest BCUT2D eigenvalue weighted by molar-refractivity contribution is 5.99. The van der Waals surface area contributed by atoms with Crippen LogP contribution in [0.3, 0.4) is 0 Å². The van der Waals surface area contributed by atoms with Crippen molar-refractivity contribution in [2.45, 2.75) is 6.10 Å². The quantitative estimate of drug-likeness (QED) is 0.664. The number of nitrogens with one attached hydrogen (secondary N) is 1. The van der Waals surface area contributed by atoms with Gasteiger partial charge in [0.25, 0.3) is 5.91 Å². The van der Waals surface area contributed by atoms with E-state index in [-0.39, 0.29) is 6.10 Å². The Hall–Kier alpha value is -1.79. The van der Waals surface area contributed by atoms with Crippen LogP contribution < -0.4 is 16.8 Å². The number of nitrogens with two attached hydrogens (primary N) is 2. The summed E-state index contributed by atoms with van der Waals surface area (Å²) < 4.78 is 10.8. The SMILES string of the molecule is NC(=O)c1ccc(N)cc1NCC1COCCO1. The summed E-state index contributed by atoms with van der Waals surface area (Å²) in [5, 5.41) is 3.12. The van der Waals surface area contributed by atoms with Crippen LogP contribution in [-0.4, -0.2) is 38.4 Å². The molecular weight excluding hydrogens is 234 g/mol. The second-order valence-electron chi connectivity index (χ2n) is 4.12. The van der Waals surface area contributed by atoms with Gasteiger partial charge in [0, 0.05) is 17.9 Å². The molecule has 18 heavy (non-hydrogen) atoms. The number of primary amides is 1. The van der Waals surface area contributed by atoms with E-state index in [0.29, 0.717) is 43.3 Å². The van der Waals surface area contributed by atoms with Crippen LogP contribution in [-0.2, 0) is 9.47 Å². The van der Waals surface area contributed by atoms with E-state index in [0.717, 1.165) is 0 Å². The van der Waals surface area contributed by atoms with Crippen LogP contribution in [0.1, 0.15) is 10.4 Å². The highest BCUT2D eigenvalue weighted by Crippen LogP contribution is 2.19. The zero-order valence-electron chi connectivity index (χ0n) is 10.0. The second kappa shape index (κ2) is 5.70. The van der Waals surface area contributed by atoms with E-state index >= 15 is 0 Å².